The van der Waals surface area contributed by atoms with Crippen LogP contribution in [0.4, 0.5) is 5.69 Å². The summed E-state index contributed by atoms with van der Waals surface area (Å²) in [6, 6.07) is 3.86. The van der Waals surface area contributed by atoms with E-state index >= 15 is 0 Å². The molecule has 1 fully saturated rings. The topological polar surface area (TPSA) is 102 Å². The molecule has 2 aliphatic heterocycles. The Labute approximate surface area is 120 Å². The number of nitrogens with one attached hydrogen (secondary N) is 1. The van der Waals surface area contributed by atoms with Gasteiger partial charge >= 0.3 is 0 Å². The average molecular weight is 289 g/mol. The van der Waals surface area contributed by atoms with Crippen LogP contribution in [-0.2, 0) is 9.59 Å². The third-order valence-electron chi connectivity index (χ3n) is 3.76. The van der Waals surface area contributed by atoms with Crippen molar-refractivity contribution >= 4 is 23.3 Å². The first-order valence-corrected chi connectivity index (χ1v) is 6.65. The molecule has 0 aliphatic carbocycles. The average Bonchev–Trinajstić information content (AvgIpc) is 2.40. The maximum Gasteiger partial charge on any atom is 0.249 e. The summed E-state index contributed by atoms with van der Waals surface area (Å²) >= 11 is 0. The van der Waals surface area contributed by atoms with E-state index in [0.29, 0.717) is 23.5 Å². The summed E-state index contributed by atoms with van der Waals surface area (Å²) in [5, 5.41) is 22.3. The number of phenols is 1. The van der Waals surface area contributed by atoms with E-state index in [4.69, 9.17) is 0 Å². The molecule has 3 N–H and O–H groups in total. The second-order valence-electron chi connectivity index (χ2n) is 5.15. The first-order valence-electron chi connectivity index (χ1n) is 6.65. The van der Waals surface area contributed by atoms with Gasteiger partial charge in [-0.05, 0) is 25.5 Å². The Bertz CT molecular complexity index is 656. The lowest BCUT2D eigenvalue weighted by Crippen LogP contribution is -2.55. The van der Waals surface area contributed by atoms with Crippen LogP contribution >= 0.6 is 0 Å². The van der Waals surface area contributed by atoms with Crippen LogP contribution in [0.2, 0.25) is 0 Å². The van der Waals surface area contributed by atoms with Crippen molar-refractivity contribution in [3.8, 4) is 5.75 Å². The summed E-state index contributed by atoms with van der Waals surface area (Å²) in [6.45, 7) is 1.68. The number of benzene rings is 1. The normalized spacial score (nSPS) is 25.2. The van der Waals surface area contributed by atoms with Crippen molar-refractivity contribution in [2.45, 2.75) is 32.0 Å². The van der Waals surface area contributed by atoms with Gasteiger partial charge in [0.2, 0.25) is 11.8 Å². The van der Waals surface area contributed by atoms with Crippen LogP contribution in [0.15, 0.2) is 23.2 Å². The Hall–Kier alpha value is -2.41. The van der Waals surface area contributed by atoms with E-state index in [9.17, 15) is 19.8 Å². The molecule has 1 aromatic rings. The largest absolute Gasteiger partial charge is 0.508 e. The lowest BCUT2D eigenvalue weighted by molar-refractivity contribution is -0.139. The van der Waals surface area contributed by atoms with Crippen molar-refractivity contribution < 1.29 is 19.8 Å². The number of carbonyl (C=O) groups excluding carboxylic acids is 2. The fourth-order valence-corrected chi connectivity index (χ4v) is 2.75. The number of hydrogen-bond acceptors (Lipinski definition) is 6. The molecule has 1 aromatic carbocycles. The summed E-state index contributed by atoms with van der Waals surface area (Å²) in [4.78, 5) is 29.0. The van der Waals surface area contributed by atoms with Crippen LogP contribution in [0.25, 0.3) is 0 Å². The van der Waals surface area contributed by atoms with E-state index < -0.39 is 18.2 Å². The van der Waals surface area contributed by atoms with Crippen molar-refractivity contribution in [1.29, 1.82) is 0 Å². The molecule has 7 nitrogen and oxygen atoms in total. The molecule has 2 heterocycles. The van der Waals surface area contributed by atoms with Crippen LogP contribution in [-0.4, -0.2) is 38.8 Å². The molecule has 1 saturated heterocycles. The third kappa shape index (κ3) is 2.25. The quantitative estimate of drug-likeness (QED) is 0.655. The molecule has 3 rings (SSSR count). The van der Waals surface area contributed by atoms with Crippen LogP contribution < -0.4 is 5.32 Å². The zero-order valence-corrected chi connectivity index (χ0v) is 11.4. The number of aliphatic imine (C=N–C) groups is 1. The number of carbonyl (C=O) groups is 2. The van der Waals surface area contributed by atoms with Crippen molar-refractivity contribution in [3.05, 3.63) is 23.8 Å². The summed E-state index contributed by atoms with van der Waals surface area (Å²) in [7, 11) is 0. The van der Waals surface area contributed by atoms with Crippen LogP contribution in [0.3, 0.4) is 0 Å². The highest BCUT2D eigenvalue weighted by Gasteiger charge is 2.38. The molecule has 0 bridgehead atoms. The smallest absolute Gasteiger partial charge is 0.249 e. The van der Waals surface area contributed by atoms with Gasteiger partial charge in [-0.15, -0.1) is 0 Å². The molecule has 2 aliphatic rings. The second kappa shape index (κ2) is 4.85. The number of phenolic OH excluding ortho intramolecular Hbond substituents is 1. The molecule has 0 radical (unpaired) electrons. The van der Waals surface area contributed by atoms with Crippen molar-refractivity contribution in [3.63, 3.8) is 0 Å². The number of nitrogens with zero attached hydrogens (tertiary/aromatic N) is 2. The van der Waals surface area contributed by atoms with E-state index in [1.807, 2.05) is 0 Å². The molecular weight excluding hydrogens is 274 g/mol. The monoisotopic (exact) mass is 289 g/mol. The summed E-state index contributed by atoms with van der Waals surface area (Å²) in [6.07, 6.45) is -0.473. The molecule has 2 unspecified atom stereocenters. The van der Waals surface area contributed by atoms with Gasteiger partial charge in [-0.1, -0.05) is 0 Å². The molecule has 21 heavy (non-hydrogen) atoms. The number of imide groups is 1. The van der Waals surface area contributed by atoms with Crippen molar-refractivity contribution in [2.75, 3.05) is 0 Å². The molecular formula is C14H15N3O4. The van der Waals surface area contributed by atoms with Gasteiger partial charge in [0.05, 0.1) is 5.69 Å². The van der Waals surface area contributed by atoms with Gasteiger partial charge in [0, 0.05) is 18.1 Å². The number of hydrogen-bond donors (Lipinski definition) is 3. The Balaban J connectivity index is 1.97. The number of amidine groups is 1. The van der Waals surface area contributed by atoms with E-state index in [-0.39, 0.29) is 18.1 Å². The molecule has 110 valence electrons. The van der Waals surface area contributed by atoms with Crippen LogP contribution in [0, 0.1) is 0 Å². The minimum Gasteiger partial charge on any atom is -0.508 e. The summed E-state index contributed by atoms with van der Waals surface area (Å²) < 4.78 is 0. The minimum atomic E-state index is -1.04. The number of amides is 2. The lowest BCUT2D eigenvalue weighted by Gasteiger charge is -2.40. The molecule has 7 heteroatoms. The van der Waals surface area contributed by atoms with Crippen LogP contribution in [0.5, 0.6) is 5.75 Å². The molecule has 2 amide bonds. The number of rotatable bonds is 1. The highest BCUT2D eigenvalue weighted by atomic mass is 16.3. The lowest BCUT2D eigenvalue weighted by atomic mass is 10.0. The molecule has 2 atom stereocenters. The predicted octanol–water partition coefficient (Wildman–Crippen LogP) is 0.554. The Kier molecular flexibility index (Phi) is 3.13. The number of aliphatic hydroxyl groups is 1. The standard InChI is InChI=1S/C14H15N3O4/c1-7-15-10-6-8(18)2-3-9(10)14(21)17(7)11-4-5-12(19)16-13(11)20/h2-3,6,11,14,18,21H,4-5H2,1H3,(H,16,19,20). The fourth-order valence-electron chi connectivity index (χ4n) is 2.75. The fraction of sp³-hybridized carbons (Fsp3) is 0.357. The Morgan fingerprint density at radius 1 is 1.38 bits per heavy atom. The Morgan fingerprint density at radius 2 is 2.14 bits per heavy atom. The number of aromatic hydroxyl groups is 1. The third-order valence-corrected chi connectivity index (χ3v) is 3.76. The zero-order chi connectivity index (χ0) is 15.1. The van der Waals surface area contributed by atoms with Crippen molar-refractivity contribution in [1.82, 2.24) is 10.2 Å². The van der Waals surface area contributed by atoms with Crippen molar-refractivity contribution in [2.24, 2.45) is 4.99 Å². The first kappa shape index (κ1) is 13.6. The maximum absolute atomic E-state index is 12.0. The number of fused-ring (bicyclic) bond motifs is 1. The molecule has 0 saturated carbocycles. The van der Waals surface area contributed by atoms with E-state index in [1.54, 1.807) is 13.0 Å². The zero-order valence-electron chi connectivity index (χ0n) is 11.4. The van der Waals surface area contributed by atoms with Gasteiger partial charge in [0.1, 0.15) is 17.6 Å². The summed E-state index contributed by atoms with van der Waals surface area (Å²) in [5.41, 5.74) is 0.992. The Morgan fingerprint density at radius 3 is 2.86 bits per heavy atom. The minimum absolute atomic E-state index is 0.0620. The van der Waals surface area contributed by atoms with E-state index in [2.05, 4.69) is 10.3 Å². The highest BCUT2D eigenvalue weighted by molar-refractivity contribution is 6.02. The summed E-state index contributed by atoms with van der Waals surface area (Å²) in [5.74, 6) is -0.202. The number of aliphatic hydroxyl groups excluding tert-OH is 1. The number of piperidine rings is 1. The van der Waals surface area contributed by atoms with Gasteiger partial charge in [-0.25, -0.2) is 4.99 Å². The van der Waals surface area contributed by atoms with Gasteiger partial charge in [0.15, 0.2) is 6.23 Å². The van der Waals surface area contributed by atoms with Gasteiger partial charge in [-0.2, -0.15) is 0 Å². The molecule has 0 aromatic heterocycles. The van der Waals surface area contributed by atoms with Gasteiger partial charge < -0.3 is 15.1 Å². The van der Waals surface area contributed by atoms with Crippen LogP contribution in [0.1, 0.15) is 31.6 Å². The van der Waals surface area contributed by atoms with E-state index in [0.717, 1.165) is 0 Å². The second-order valence-corrected chi connectivity index (χ2v) is 5.15. The highest BCUT2D eigenvalue weighted by Crippen LogP contribution is 2.37. The predicted molar refractivity (Wildman–Crippen MR) is 73.8 cm³/mol. The van der Waals surface area contributed by atoms with Gasteiger partial charge in [-0.3, -0.25) is 14.9 Å². The van der Waals surface area contributed by atoms with Gasteiger partial charge in [0.25, 0.3) is 0 Å². The molecule has 0 spiro atoms. The SMILES string of the molecule is CC1=Nc2cc(O)ccc2C(O)N1C1CCC(=O)NC1=O. The first-order chi connectivity index (χ1) is 9.97. The van der Waals surface area contributed by atoms with E-state index in [1.165, 1.54) is 17.0 Å². The maximum atomic E-state index is 12.0.